The number of hydrogen-bond donors (Lipinski definition) is 1. The Balaban J connectivity index is 2.66. The fourth-order valence-corrected chi connectivity index (χ4v) is 2.18. The van der Waals surface area contributed by atoms with E-state index in [9.17, 15) is 0 Å². The highest BCUT2D eigenvalue weighted by molar-refractivity contribution is 5.23. The van der Waals surface area contributed by atoms with Gasteiger partial charge in [-0.1, -0.05) is 52.0 Å². The predicted molar refractivity (Wildman–Crippen MR) is 76.4 cm³/mol. The molecule has 1 aromatic carbocycles. The fourth-order valence-electron chi connectivity index (χ4n) is 2.18. The van der Waals surface area contributed by atoms with Gasteiger partial charge >= 0.3 is 0 Å². The lowest BCUT2D eigenvalue weighted by atomic mass is 9.86. The van der Waals surface area contributed by atoms with Crippen molar-refractivity contribution in [2.75, 3.05) is 7.05 Å². The van der Waals surface area contributed by atoms with Crippen LogP contribution in [0.5, 0.6) is 0 Å². The normalized spacial score (nSPS) is 14.9. The van der Waals surface area contributed by atoms with Crippen molar-refractivity contribution in [3.8, 4) is 0 Å². The van der Waals surface area contributed by atoms with Crippen LogP contribution in [-0.4, -0.2) is 13.1 Å². The second-order valence-corrected chi connectivity index (χ2v) is 5.37. The minimum absolute atomic E-state index is 0.572. The smallest absolute Gasteiger partial charge is 0.0132 e. The van der Waals surface area contributed by atoms with E-state index in [1.54, 1.807) is 0 Å². The van der Waals surface area contributed by atoms with Gasteiger partial charge in [-0.2, -0.15) is 0 Å². The predicted octanol–water partition coefficient (Wildman–Crippen LogP) is 3.67. The van der Waals surface area contributed by atoms with Crippen molar-refractivity contribution in [2.45, 2.75) is 46.6 Å². The first kappa shape index (κ1) is 14.2. The molecule has 2 unspecified atom stereocenters. The van der Waals surface area contributed by atoms with Crippen LogP contribution in [0, 0.1) is 11.8 Å². The van der Waals surface area contributed by atoms with Gasteiger partial charge in [0, 0.05) is 6.04 Å². The van der Waals surface area contributed by atoms with Crippen LogP contribution in [0.1, 0.15) is 38.8 Å². The molecular formula is C16H27N. The zero-order valence-electron chi connectivity index (χ0n) is 12.0. The van der Waals surface area contributed by atoms with E-state index in [0.29, 0.717) is 12.0 Å². The van der Waals surface area contributed by atoms with E-state index in [4.69, 9.17) is 0 Å². The zero-order valence-corrected chi connectivity index (χ0v) is 12.0. The Hall–Kier alpha value is -0.820. The van der Waals surface area contributed by atoms with Crippen molar-refractivity contribution in [3.63, 3.8) is 0 Å². The van der Waals surface area contributed by atoms with Crippen LogP contribution in [0.25, 0.3) is 0 Å². The van der Waals surface area contributed by atoms with Gasteiger partial charge in [-0.25, -0.2) is 0 Å². The topological polar surface area (TPSA) is 12.0 Å². The van der Waals surface area contributed by atoms with Gasteiger partial charge in [-0.05, 0) is 42.9 Å². The molecule has 1 rings (SSSR count). The molecule has 0 aliphatic carbocycles. The maximum absolute atomic E-state index is 3.46. The van der Waals surface area contributed by atoms with Crippen LogP contribution in [0.3, 0.4) is 0 Å². The summed E-state index contributed by atoms with van der Waals surface area (Å²) >= 11 is 0. The summed E-state index contributed by atoms with van der Waals surface area (Å²) in [6.07, 6.45) is 2.25. The van der Waals surface area contributed by atoms with Crippen molar-refractivity contribution in [1.29, 1.82) is 0 Å². The summed E-state index contributed by atoms with van der Waals surface area (Å²) in [5, 5.41) is 3.46. The van der Waals surface area contributed by atoms with Gasteiger partial charge in [0.1, 0.15) is 0 Å². The minimum atomic E-state index is 0.572. The third kappa shape index (κ3) is 4.16. The van der Waals surface area contributed by atoms with Crippen LogP contribution in [0.2, 0.25) is 0 Å². The highest BCUT2D eigenvalue weighted by Crippen LogP contribution is 2.18. The number of nitrogens with one attached hydrogen (secondary N) is 1. The molecule has 0 aromatic heterocycles. The molecular weight excluding hydrogens is 206 g/mol. The van der Waals surface area contributed by atoms with E-state index in [-0.39, 0.29) is 0 Å². The second kappa shape index (κ2) is 6.80. The molecule has 0 amide bonds. The lowest BCUT2D eigenvalue weighted by Gasteiger charge is -2.26. The third-order valence-electron chi connectivity index (χ3n) is 3.94. The highest BCUT2D eigenvalue weighted by atomic mass is 14.9. The molecule has 1 N–H and O–H groups in total. The summed E-state index contributed by atoms with van der Waals surface area (Å²) in [7, 11) is 2.07. The van der Waals surface area contributed by atoms with Crippen molar-refractivity contribution < 1.29 is 0 Å². The first-order valence-corrected chi connectivity index (χ1v) is 6.83. The summed E-state index contributed by atoms with van der Waals surface area (Å²) in [4.78, 5) is 0. The largest absolute Gasteiger partial charge is 0.316 e. The van der Waals surface area contributed by atoms with Crippen molar-refractivity contribution >= 4 is 0 Å². The summed E-state index contributed by atoms with van der Waals surface area (Å²) in [5.74, 6) is 1.42. The Morgan fingerprint density at radius 1 is 1.00 bits per heavy atom. The number of rotatable bonds is 6. The zero-order chi connectivity index (χ0) is 12.8. The Labute approximate surface area is 107 Å². The molecule has 96 valence electrons. The van der Waals surface area contributed by atoms with Gasteiger partial charge in [0.15, 0.2) is 0 Å². The van der Waals surface area contributed by atoms with Gasteiger partial charge in [-0.15, -0.1) is 0 Å². The molecule has 0 bridgehead atoms. The molecule has 0 radical (unpaired) electrons. The molecule has 0 saturated carbocycles. The minimum Gasteiger partial charge on any atom is -0.316 e. The number of benzene rings is 1. The van der Waals surface area contributed by atoms with Gasteiger partial charge in [-0.3, -0.25) is 0 Å². The van der Waals surface area contributed by atoms with Crippen molar-refractivity contribution in [1.82, 2.24) is 5.32 Å². The average Bonchev–Trinajstić information content (AvgIpc) is 2.35. The number of hydrogen-bond acceptors (Lipinski definition) is 1. The van der Waals surface area contributed by atoms with Crippen LogP contribution >= 0.6 is 0 Å². The van der Waals surface area contributed by atoms with Crippen LogP contribution in [0.4, 0.5) is 0 Å². The second-order valence-electron chi connectivity index (χ2n) is 5.37. The van der Waals surface area contributed by atoms with E-state index in [2.05, 4.69) is 64.3 Å². The molecule has 0 aliphatic heterocycles. The summed E-state index contributed by atoms with van der Waals surface area (Å²) in [5.41, 5.74) is 2.86. The molecule has 0 aliphatic rings. The Kier molecular flexibility index (Phi) is 5.70. The third-order valence-corrected chi connectivity index (χ3v) is 3.94. The van der Waals surface area contributed by atoms with Crippen LogP contribution < -0.4 is 5.32 Å². The molecule has 1 heteroatoms. The quantitative estimate of drug-likeness (QED) is 0.790. The SMILES string of the molecule is CCc1ccc(CC(NC)C(C)C(C)C)cc1. The Morgan fingerprint density at radius 3 is 1.94 bits per heavy atom. The average molecular weight is 233 g/mol. The summed E-state index contributed by atoms with van der Waals surface area (Å²) < 4.78 is 0. The Bertz CT molecular complexity index is 313. The van der Waals surface area contributed by atoms with E-state index >= 15 is 0 Å². The van der Waals surface area contributed by atoms with Crippen molar-refractivity contribution in [2.24, 2.45) is 11.8 Å². The van der Waals surface area contributed by atoms with E-state index in [1.165, 1.54) is 11.1 Å². The first-order valence-electron chi connectivity index (χ1n) is 6.83. The first-order chi connectivity index (χ1) is 8.08. The van der Waals surface area contributed by atoms with Gasteiger partial charge in [0.05, 0.1) is 0 Å². The van der Waals surface area contributed by atoms with Crippen molar-refractivity contribution in [3.05, 3.63) is 35.4 Å². The summed E-state index contributed by atoms with van der Waals surface area (Å²) in [6, 6.07) is 9.62. The standard InChI is InChI=1S/C16H27N/c1-6-14-7-9-15(10-8-14)11-16(17-5)13(4)12(2)3/h7-10,12-13,16-17H,6,11H2,1-5H3. The maximum Gasteiger partial charge on any atom is 0.0132 e. The molecule has 17 heavy (non-hydrogen) atoms. The van der Waals surface area contributed by atoms with Gasteiger partial charge in [0.25, 0.3) is 0 Å². The highest BCUT2D eigenvalue weighted by Gasteiger charge is 2.18. The fraction of sp³-hybridized carbons (Fsp3) is 0.625. The van der Waals surface area contributed by atoms with Crippen LogP contribution in [0.15, 0.2) is 24.3 Å². The monoisotopic (exact) mass is 233 g/mol. The van der Waals surface area contributed by atoms with Crippen LogP contribution in [-0.2, 0) is 12.8 Å². The van der Waals surface area contributed by atoms with Gasteiger partial charge < -0.3 is 5.32 Å². The van der Waals surface area contributed by atoms with E-state index < -0.39 is 0 Å². The van der Waals surface area contributed by atoms with E-state index in [0.717, 1.165) is 18.8 Å². The maximum atomic E-state index is 3.46. The molecule has 0 fully saturated rings. The Morgan fingerprint density at radius 2 is 1.53 bits per heavy atom. The lowest BCUT2D eigenvalue weighted by molar-refractivity contribution is 0.310. The number of aryl methyl sites for hydroxylation is 1. The number of likely N-dealkylation sites (N-methyl/N-ethyl adjacent to an activating group) is 1. The van der Waals surface area contributed by atoms with E-state index in [1.807, 2.05) is 0 Å². The molecule has 1 nitrogen and oxygen atoms in total. The van der Waals surface area contributed by atoms with Gasteiger partial charge in [0.2, 0.25) is 0 Å². The molecule has 2 atom stereocenters. The molecule has 0 saturated heterocycles. The molecule has 1 aromatic rings. The molecule has 0 heterocycles. The molecule has 0 spiro atoms. The summed E-state index contributed by atoms with van der Waals surface area (Å²) in [6.45, 7) is 9.14. The lowest BCUT2D eigenvalue weighted by Crippen LogP contribution is -2.36.